The number of likely N-dealkylation sites (tertiary alicyclic amines) is 1. The first-order valence-electron chi connectivity index (χ1n) is 8.18. The Morgan fingerprint density at radius 2 is 1.95 bits per heavy atom. The van der Waals surface area contributed by atoms with E-state index in [2.05, 4.69) is 50.7 Å². The maximum atomic E-state index is 5.45. The summed E-state index contributed by atoms with van der Waals surface area (Å²) in [6.45, 7) is 6.19. The van der Waals surface area contributed by atoms with Crippen LogP contribution in [0, 0.1) is 0 Å². The first kappa shape index (κ1) is 15.0. The standard InChI is InChI=1S/C17H24N4O/c1-2-16-19-20-17(22-16)18-10-13-21-11-8-15(9-12-21)14-6-4-3-5-7-14/h3-7,15H,2,8-13H2,1H3,(H,18,20). The minimum absolute atomic E-state index is 0.538. The van der Waals surface area contributed by atoms with Crippen LogP contribution in [0.2, 0.25) is 0 Å². The summed E-state index contributed by atoms with van der Waals surface area (Å²) in [5, 5.41) is 11.1. The predicted molar refractivity (Wildman–Crippen MR) is 87.0 cm³/mol. The minimum atomic E-state index is 0.538. The van der Waals surface area contributed by atoms with E-state index >= 15 is 0 Å². The van der Waals surface area contributed by atoms with E-state index < -0.39 is 0 Å². The van der Waals surface area contributed by atoms with Crippen LogP contribution in [0.5, 0.6) is 0 Å². The summed E-state index contributed by atoms with van der Waals surface area (Å²) in [6.07, 6.45) is 3.26. The molecule has 2 aromatic rings. The zero-order valence-electron chi connectivity index (χ0n) is 13.2. The van der Waals surface area contributed by atoms with E-state index in [1.807, 2.05) is 6.92 Å². The molecule has 5 heteroatoms. The summed E-state index contributed by atoms with van der Waals surface area (Å²) in [6, 6.07) is 11.4. The van der Waals surface area contributed by atoms with Gasteiger partial charge in [-0.2, -0.15) is 0 Å². The average Bonchev–Trinajstić information content (AvgIpc) is 3.04. The van der Waals surface area contributed by atoms with E-state index in [1.165, 1.54) is 18.4 Å². The van der Waals surface area contributed by atoms with Gasteiger partial charge < -0.3 is 14.6 Å². The van der Waals surface area contributed by atoms with Gasteiger partial charge in [0, 0.05) is 19.5 Å². The number of nitrogens with zero attached hydrogens (tertiary/aromatic N) is 3. The van der Waals surface area contributed by atoms with Crippen molar-refractivity contribution in [3.05, 3.63) is 41.8 Å². The molecule has 0 aliphatic carbocycles. The Morgan fingerprint density at radius 1 is 1.18 bits per heavy atom. The molecule has 0 atom stereocenters. The quantitative estimate of drug-likeness (QED) is 0.889. The van der Waals surface area contributed by atoms with Gasteiger partial charge >= 0.3 is 6.01 Å². The van der Waals surface area contributed by atoms with Crippen LogP contribution < -0.4 is 5.32 Å². The molecule has 0 saturated carbocycles. The van der Waals surface area contributed by atoms with Crippen molar-refractivity contribution in [1.29, 1.82) is 0 Å². The summed E-state index contributed by atoms with van der Waals surface area (Å²) in [5.41, 5.74) is 1.48. The average molecular weight is 300 g/mol. The Morgan fingerprint density at radius 3 is 2.64 bits per heavy atom. The highest BCUT2D eigenvalue weighted by Gasteiger charge is 2.20. The third-order valence-corrected chi connectivity index (χ3v) is 4.33. The lowest BCUT2D eigenvalue weighted by Gasteiger charge is -2.32. The molecule has 1 N–H and O–H groups in total. The number of benzene rings is 1. The van der Waals surface area contributed by atoms with Crippen LogP contribution in [0.15, 0.2) is 34.7 Å². The van der Waals surface area contributed by atoms with Crippen LogP contribution in [0.4, 0.5) is 6.01 Å². The Hall–Kier alpha value is -1.88. The molecule has 0 unspecified atom stereocenters. The monoisotopic (exact) mass is 300 g/mol. The largest absolute Gasteiger partial charge is 0.408 e. The summed E-state index contributed by atoms with van der Waals surface area (Å²) < 4.78 is 5.45. The lowest BCUT2D eigenvalue weighted by atomic mass is 9.89. The second kappa shape index (κ2) is 7.40. The molecule has 1 aliphatic heterocycles. The van der Waals surface area contributed by atoms with Crippen LogP contribution in [0.3, 0.4) is 0 Å². The van der Waals surface area contributed by atoms with Crippen molar-refractivity contribution in [2.45, 2.75) is 32.1 Å². The number of hydrogen-bond acceptors (Lipinski definition) is 5. The second-order valence-corrected chi connectivity index (χ2v) is 5.81. The molecule has 1 fully saturated rings. The van der Waals surface area contributed by atoms with Crippen molar-refractivity contribution in [3.63, 3.8) is 0 Å². The van der Waals surface area contributed by atoms with Crippen LogP contribution in [0.25, 0.3) is 0 Å². The molecule has 0 spiro atoms. The highest BCUT2D eigenvalue weighted by atomic mass is 16.4. The third kappa shape index (κ3) is 3.85. The van der Waals surface area contributed by atoms with Crippen LogP contribution in [-0.4, -0.2) is 41.3 Å². The molecule has 1 aliphatic rings. The van der Waals surface area contributed by atoms with Crippen LogP contribution >= 0.6 is 0 Å². The van der Waals surface area contributed by atoms with Crippen molar-refractivity contribution in [1.82, 2.24) is 15.1 Å². The molecule has 1 saturated heterocycles. The molecule has 1 aromatic carbocycles. The van der Waals surface area contributed by atoms with E-state index in [4.69, 9.17) is 4.42 Å². The highest BCUT2D eigenvalue weighted by Crippen LogP contribution is 2.27. The van der Waals surface area contributed by atoms with E-state index in [0.717, 1.165) is 32.6 Å². The van der Waals surface area contributed by atoms with Gasteiger partial charge in [-0.1, -0.05) is 42.4 Å². The minimum Gasteiger partial charge on any atom is -0.408 e. The van der Waals surface area contributed by atoms with Gasteiger partial charge in [-0.15, -0.1) is 5.10 Å². The molecular formula is C17H24N4O. The number of anilines is 1. The normalized spacial score (nSPS) is 16.8. The van der Waals surface area contributed by atoms with Gasteiger partial charge in [0.25, 0.3) is 0 Å². The lowest BCUT2D eigenvalue weighted by Crippen LogP contribution is -2.36. The number of nitrogens with one attached hydrogen (secondary N) is 1. The maximum absolute atomic E-state index is 5.45. The highest BCUT2D eigenvalue weighted by molar-refractivity contribution is 5.20. The Bertz CT molecular complexity index is 561. The SMILES string of the molecule is CCc1nnc(NCCN2CCC(c3ccccc3)CC2)o1. The topological polar surface area (TPSA) is 54.2 Å². The fourth-order valence-electron chi connectivity index (χ4n) is 3.00. The molecule has 5 nitrogen and oxygen atoms in total. The number of hydrogen-bond donors (Lipinski definition) is 1. The molecule has 0 radical (unpaired) electrons. The van der Waals surface area contributed by atoms with Gasteiger partial charge in [0.15, 0.2) is 0 Å². The summed E-state index contributed by atoms with van der Waals surface area (Å²) in [5.74, 6) is 1.40. The van der Waals surface area contributed by atoms with Crippen molar-refractivity contribution in [3.8, 4) is 0 Å². The van der Waals surface area contributed by atoms with E-state index in [0.29, 0.717) is 17.8 Å². The van der Waals surface area contributed by atoms with Crippen LogP contribution in [0.1, 0.15) is 37.1 Å². The molecular weight excluding hydrogens is 276 g/mol. The number of aryl methyl sites for hydroxylation is 1. The Kier molecular flexibility index (Phi) is 5.06. The summed E-state index contributed by atoms with van der Waals surface area (Å²) >= 11 is 0. The molecule has 22 heavy (non-hydrogen) atoms. The van der Waals surface area contributed by atoms with Crippen LogP contribution in [-0.2, 0) is 6.42 Å². The number of rotatable bonds is 6. The molecule has 118 valence electrons. The van der Waals surface area contributed by atoms with Gasteiger partial charge in [0.1, 0.15) is 0 Å². The summed E-state index contributed by atoms with van der Waals surface area (Å²) in [7, 11) is 0. The van der Waals surface area contributed by atoms with Crippen molar-refractivity contribution < 1.29 is 4.42 Å². The van der Waals surface area contributed by atoms with E-state index in [9.17, 15) is 0 Å². The van der Waals surface area contributed by atoms with Crippen molar-refractivity contribution >= 4 is 6.01 Å². The second-order valence-electron chi connectivity index (χ2n) is 5.81. The zero-order chi connectivity index (χ0) is 15.2. The predicted octanol–water partition coefficient (Wildman–Crippen LogP) is 2.92. The fraction of sp³-hybridized carbons (Fsp3) is 0.529. The summed E-state index contributed by atoms with van der Waals surface area (Å²) in [4.78, 5) is 2.50. The maximum Gasteiger partial charge on any atom is 0.315 e. The Balaban J connectivity index is 1.39. The first-order valence-corrected chi connectivity index (χ1v) is 8.18. The van der Waals surface area contributed by atoms with E-state index in [-0.39, 0.29) is 0 Å². The molecule has 0 bridgehead atoms. The molecule has 2 heterocycles. The molecule has 3 rings (SSSR count). The van der Waals surface area contributed by atoms with Gasteiger partial charge in [0.2, 0.25) is 5.89 Å². The zero-order valence-corrected chi connectivity index (χ0v) is 13.2. The third-order valence-electron chi connectivity index (χ3n) is 4.33. The molecule has 0 amide bonds. The van der Waals surface area contributed by atoms with Gasteiger partial charge in [0.05, 0.1) is 0 Å². The smallest absolute Gasteiger partial charge is 0.315 e. The van der Waals surface area contributed by atoms with Crippen molar-refractivity contribution in [2.75, 3.05) is 31.5 Å². The van der Waals surface area contributed by atoms with Gasteiger partial charge in [-0.3, -0.25) is 0 Å². The number of piperidine rings is 1. The van der Waals surface area contributed by atoms with Gasteiger partial charge in [-0.05, 0) is 37.4 Å². The Labute approximate surface area is 131 Å². The number of aromatic nitrogens is 2. The molecule has 1 aromatic heterocycles. The first-order chi connectivity index (χ1) is 10.8. The van der Waals surface area contributed by atoms with Gasteiger partial charge in [-0.25, -0.2) is 0 Å². The fourth-order valence-corrected chi connectivity index (χ4v) is 3.00. The van der Waals surface area contributed by atoms with E-state index in [1.54, 1.807) is 0 Å². The lowest BCUT2D eigenvalue weighted by molar-refractivity contribution is 0.219. The van der Waals surface area contributed by atoms with Crippen molar-refractivity contribution in [2.24, 2.45) is 0 Å².